The van der Waals surface area contributed by atoms with Crippen molar-refractivity contribution in [3.63, 3.8) is 0 Å². The zero-order valence-electron chi connectivity index (χ0n) is 14.0. The average Bonchev–Trinajstić information content (AvgIpc) is 2.44. The lowest BCUT2D eigenvalue weighted by Crippen LogP contribution is -2.57. The van der Waals surface area contributed by atoms with E-state index in [-0.39, 0.29) is 23.4 Å². The highest BCUT2D eigenvalue weighted by Gasteiger charge is 2.33. The fourth-order valence-electron chi connectivity index (χ4n) is 2.86. The summed E-state index contributed by atoms with van der Waals surface area (Å²) in [5.74, 6) is 0. The highest BCUT2D eigenvalue weighted by atomic mass is 35.5. The topological polar surface area (TPSA) is 67.6 Å². The minimum Gasteiger partial charge on any atom is -0.382 e. The Labute approximate surface area is 141 Å². The van der Waals surface area contributed by atoms with E-state index in [0.29, 0.717) is 17.3 Å². The van der Waals surface area contributed by atoms with Crippen LogP contribution in [-0.2, 0) is 4.74 Å². The van der Waals surface area contributed by atoms with Crippen LogP contribution in [0, 0.1) is 10.1 Å². The molecule has 23 heavy (non-hydrogen) atoms. The van der Waals surface area contributed by atoms with Crippen molar-refractivity contribution < 1.29 is 9.66 Å². The summed E-state index contributed by atoms with van der Waals surface area (Å²) in [6, 6.07) is 4.48. The fourth-order valence-corrected chi connectivity index (χ4v) is 3.10. The van der Waals surface area contributed by atoms with Gasteiger partial charge in [0.25, 0.3) is 5.69 Å². The average molecular weight is 342 g/mol. The molecule has 2 rings (SSSR count). The summed E-state index contributed by atoms with van der Waals surface area (Å²) in [4.78, 5) is 12.7. The number of non-ortho nitro benzene ring substituents is 1. The highest BCUT2D eigenvalue weighted by molar-refractivity contribution is 6.33. The fraction of sp³-hybridized carbons (Fsp3) is 0.625. The minimum atomic E-state index is -0.448. The number of halogens is 1. The van der Waals surface area contributed by atoms with Crippen LogP contribution < -0.4 is 5.32 Å². The van der Waals surface area contributed by atoms with E-state index in [4.69, 9.17) is 16.3 Å². The lowest BCUT2D eigenvalue weighted by Gasteiger charge is -2.45. The first-order chi connectivity index (χ1) is 10.7. The summed E-state index contributed by atoms with van der Waals surface area (Å²) in [5, 5.41) is 14.4. The van der Waals surface area contributed by atoms with E-state index in [0.717, 1.165) is 13.1 Å². The van der Waals surface area contributed by atoms with E-state index in [9.17, 15) is 10.1 Å². The maximum atomic E-state index is 10.8. The van der Waals surface area contributed by atoms with E-state index in [1.807, 2.05) is 0 Å². The number of rotatable bonds is 5. The zero-order chi connectivity index (χ0) is 17.2. The summed E-state index contributed by atoms with van der Waals surface area (Å²) in [5.41, 5.74) is 0.618. The van der Waals surface area contributed by atoms with Crippen LogP contribution in [0.25, 0.3) is 0 Å². The molecule has 2 unspecified atom stereocenters. The van der Waals surface area contributed by atoms with Crippen molar-refractivity contribution in [1.82, 2.24) is 4.90 Å². The van der Waals surface area contributed by atoms with Gasteiger partial charge in [-0.05, 0) is 33.8 Å². The summed E-state index contributed by atoms with van der Waals surface area (Å²) < 4.78 is 5.78. The molecule has 1 aromatic carbocycles. The van der Waals surface area contributed by atoms with Crippen LogP contribution in [0.4, 0.5) is 11.4 Å². The number of nitro benzene ring substituents is 1. The first kappa shape index (κ1) is 18.0. The Kier molecular flexibility index (Phi) is 5.49. The van der Waals surface area contributed by atoms with E-state index < -0.39 is 4.92 Å². The molecule has 0 spiro atoms. The highest BCUT2D eigenvalue weighted by Crippen LogP contribution is 2.28. The number of hydrogen-bond acceptors (Lipinski definition) is 5. The molecule has 0 saturated carbocycles. The largest absolute Gasteiger partial charge is 0.382 e. The van der Waals surface area contributed by atoms with Gasteiger partial charge in [-0.3, -0.25) is 15.0 Å². The number of benzene rings is 1. The molecule has 0 amide bonds. The smallest absolute Gasteiger partial charge is 0.271 e. The van der Waals surface area contributed by atoms with Crippen LogP contribution in [-0.4, -0.2) is 47.2 Å². The lowest BCUT2D eigenvalue weighted by atomic mass is 10.00. The zero-order valence-corrected chi connectivity index (χ0v) is 14.8. The van der Waals surface area contributed by atoms with E-state index in [2.05, 4.69) is 37.9 Å². The van der Waals surface area contributed by atoms with Crippen molar-refractivity contribution in [1.29, 1.82) is 0 Å². The van der Waals surface area contributed by atoms with Gasteiger partial charge in [-0.25, -0.2) is 0 Å². The van der Waals surface area contributed by atoms with E-state index in [1.54, 1.807) is 6.07 Å². The molecule has 0 radical (unpaired) electrons. The van der Waals surface area contributed by atoms with Gasteiger partial charge in [0.2, 0.25) is 0 Å². The molecule has 1 aromatic rings. The second-order valence-corrected chi connectivity index (χ2v) is 7.16. The van der Waals surface area contributed by atoms with Gasteiger partial charge >= 0.3 is 0 Å². The molecule has 0 aromatic heterocycles. The first-order valence-corrected chi connectivity index (χ1v) is 8.15. The van der Waals surface area contributed by atoms with Crippen LogP contribution in [0.3, 0.4) is 0 Å². The number of anilines is 1. The monoisotopic (exact) mass is 341 g/mol. The molecule has 1 aliphatic heterocycles. The quantitative estimate of drug-likeness (QED) is 0.655. The molecule has 1 saturated heterocycles. The summed E-state index contributed by atoms with van der Waals surface area (Å²) in [6.07, 6.45) is 0.418. The lowest BCUT2D eigenvalue weighted by molar-refractivity contribution is -0.384. The molecule has 6 nitrogen and oxygen atoms in total. The third-order valence-electron chi connectivity index (χ3n) is 4.15. The molecule has 1 N–H and O–H groups in total. The van der Waals surface area contributed by atoms with Crippen molar-refractivity contribution in [2.24, 2.45) is 0 Å². The second kappa shape index (κ2) is 7.03. The molecule has 7 heteroatoms. The molecular weight excluding hydrogens is 318 g/mol. The molecule has 0 bridgehead atoms. The Morgan fingerprint density at radius 3 is 2.52 bits per heavy atom. The van der Waals surface area contributed by atoms with Gasteiger partial charge in [0.05, 0.1) is 27.8 Å². The Hall–Kier alpha value is -1.37. The normalized spacial score (nSPS) is 22.8. The molecule has 128 valence electrons. The Morgan fingerprint density at radius 1 is 1.39 bits per heavy atom. The van der Waals surface area contributed by atoms with Gasteiger partial charge in [0.1, 0.15) is 0 Å². The maximum Gasteiger partial charge on any atom is 0.271 e. The van der Waals surface area contributed by atoms with Gasteiger partial charge in [0, 0.05) is 37.3 Å². The predicted molar refractivity (Wildman–Crippen MR) is 92.3 cm³/mol. The molecule has 1 aliphatic rings. The van der Waals surface area contributed by atoms with Crippen LogP contribution in [0.2, 0.25) is 5.02 Å². The minimum absolute atomic E-state index is 0.00404. The molecule has 1 heterocycles. The number of nitrogens with one attached hydrogen (secondary N) is 1. The SMILES string of the molecule is CC1CN(C(C)(C)CNc2ccc([N+](=O)[O-])cc2Cl)CC(C)O1. The second-order valence-electron chi connectivity index (χ2n) is 6.75. The first-order valence-electron chi connectivity index (χ1n) is 7.77. The van der Waals surface area contributed by atoms with Gasteiger partial charge in [0.15, 0.2) is 0 Å². The van der Waals surface area contributed by atoms with Crippen molar-refractivity contribution in [3.05, 3.63) is 33.3 Å². The van der Waals surface area contributed by atoms with Gasteiger partial charge in [-0.2, -0.15) is 0 Å². The summed E-state index contributed by atoms with van der Waals surface area (Å²) in [6.45, 7) is 11.0. The van der Waals surface area contributed by atoms with Crippen LogP contribution in [0.5, 0.6) is 0 Å². The third-order valence-corrected chi connectivity index (χ3v) is 4.46. The molecular formula is C16H24ClN3O3. The van der Waals surface area contributed by atoms with Crippen molar-refractivity contribution in [2.45, 2.75) is 45.4 Å². The molecule has 0 aliphatic carbocycles. The van der Waals surface area contributed by atoms with Crippen molar-refractivity contribution >= 4 is 23.0 Å². The predicted octanol–water partition coefficient (Wildman–Crippen LogP) is 3.55. The Morgan fingerprint density at radius 2 is 2.00 bits per heavy atom. The molecule has 2 atom stereocenters. The number of nitrogens with zero attached hydrogens (tertiary/aromatic N) is 2. The van der Waals surface area contributed by atoms with Crippen molar-refractivity contribution in [3.8, 4) is 0 Å². The van der Waals surface area contributed by atoms with E-state index >= 15 is 0 Å². The molecule has 1 fully saturated rings. The summed E-state index contributed by atoms with van der Waals surface area (Å²) in [7, 11) is 0. The van der Waals surface area contributed by atoms with Gasteiger partial charge < -0.3 is 10.1 Å². The number of ether oxygens (including phenoxy) is 1. The Balaban J connectivity index is 2.02. The third kappa shape index (κ3) is 4.56. The van der Waals surface area contributed by atoms with E-state index in [1.165, 1.54) is 12.1 Å². The van der Waals surface area contributed by atoms with Gasteiger partial charge in [-0.15, -0.1) is 0 Å². The number of morpholine rings is 1. The van der Waals surface area contributed by atoms with Gasteiger partial charge in [-0.1, -0.05) is 11.6 Å². The Bertz CT molecular complexity index is 570. The maximum absolute atomic E-state index is 10.8. The number of hydrogen-bond donors (Lipinski definition) is 1. The van der Waals surface area contributed by atoms with Crippen LogP contribution >= 0.6 is 11.6 Å². The van der Waals surface area contributed by atoms with Crippen LogP contribution in [0.15, 0.2) is 18.2 Å². The number of nitro groups is 1. The van der Waals surface area contributed by atoms with Crippen LogP contribution in [0.1, 0.15) is 27.7 Å². The standard InChI is InChI=1S/C16H24ClN3O3/c1-11-8-19(9-12(2)23-11)16(3,4)10-18-15-6-5-13(20(21)22)7-14(15)17/h5-7,11-12,18H,8-10H2,1-4H3. The summed E-state index contributed by atoms with van der Waals surface area (Å²) >= 11 is 6.13. The van der Waals surface area contributed by atoms with Crippen molar-refractivity contribution in [2.75, 3.05) is 25.0 Å².